The average Bonchev–Trinajstić information content (AvgIpc) is 2.43. The van der Waals surface area contributed by atoms with Gasteiger partial charge in [0.1, 0.15) is 19.3 Å². The quantitative estimate of drug-likeness (QED) is 0.644. The van der Waals surface area contributed by atoms with Crippen LogP contribution >= 0.6 is 0 Å². The Bertz CT molecular complexity index is 502. The molecule has 0 bridgehead atoms. The summed E-state index contributed by atoms with van der Waals surface area (Å²) >= 11 is 0. The normalized spacial score (nSPS) is 14.8. The maximum Gasteiger partial charge on any atom is 0.328 e. The molecule has 1 aliphatic rings. The topological polar surface area (TPSA) is 82.8 Å². The van der Waals surface area contributed by atoms with Gasteiger partial charge in [-0.25, -0.2) is 4.79 Å². The summed E-state index contributed by atoms with van der Waals surface area (Å²) in [6.45, 7) is 4.88. The summed E-state index contributed by atoms with van der Waals surface area (Å²) in [7, 11) is 1.37. The fourth-order valence-corrected chi connectivity index (χ4v) is 2.02. The van der Waals surface area contributed by atoms with E-state index in [9.17, 15) is 4.79 Å². The third kappa shape index (κ3) is 2.89. The van der Waals surface area contributed by atoms with Crippen LogP contribution in [0.5, 0.6) is 11.5 Å². The fraction of sp³-hybridized carbons (Fsp3) is 0.500. The van der Waals surface area contributed by atoms with E-state index in [1.54, 1.807) is 12.1 Å². The van der Waals surface area contributed by atoms with Crippen LogP contribution in [0.25, 0.3) is 0 Å². The van der Waals surface area contributed by atoms with Gasteiger partial charge in [-0.05, 0) is 5.92 Å². The molecule has 2 rings (SSSR count). The van der Waals surface area contributed by atoms with Gasteiger partial charge in [-0.1, -0.05) is 13.8 Å². The molecule has 0 aromatic heterocycles. The van der Waals surface area contributed by atoms with E-state index in [0.717, 1.165) is 0 Å². The number of anilines is 2. The summed E-state index contributed by atoms with van der Waals surface area (Å²) < 4.78 is 15.8. The lowest BCUT2D eigenvalue weighted by Gasteiger charge is -2.24. The average molecular weight is 280 g/mol. The van der Waals surface area contributed by atoms with E-state index in [1.807, 2.05) is 13.8 Å². The number of rotatable bonds is 4. The molecule has 0 amide bonds. The van der Waals surface area contributed by atoms with Gasteiger partial charge in [0.2, 0.25) is 0 Å². The number of benzene rings is 1. The molecule has 1 aromatic carbocycles. The highest BCUT2D eigenvalue weighted by molar-refractivity contribution is 5.82. The van der Waals surface area contributed by atoms with Gasteiger partial charge in [0.05, 0.1) is 18.5 Å². The van der Waals surface area contributed by atoms with Crippen molar-refractivity contribution in [3.05, 3.63) is 12.1 Å². The molecule has 0 saturated carbocycles. The zero-order valence-electron chi connectivity index (χ0n) is 11.9. The van der Waals surface area contributed by atoms with E-state index in [2.05, 4.69) is 5.32 Å². The molecular formula is C14H20N2O4. The van der Waals surface area contributed by atoms with Crippen molar-refractivity contribution in [2.24, 2.45) is 5.92 Å². The van der Waals surface area contributed by atoms with E-state index >= 15 is 0 Å². The number of carbonyl (C=O) groups excluding carboxylic acids is 1. The van der Waals surface area contributed by atoms with Crippen LogP contribution in [-0.4, -0.2) is 32.3 Å². The molecule has 20 heavy (non-hydrogen) atoms. The van der Waals surface area contributed by atoms with E-state index in [-0.39, 0.29) is 11.9 Å². The van der Waals surface area contributed by atoms with Crippen molar-refractivity contribution < 1.29 is 19.0 Å². The smallest absolute Gasteiger partial charge is 0.328 e. The molecule has 6 heteroatoms. The van der Waals surface area contributed by atoms with Crippen molar-refractivity contribution in [3.63, 3.8) is 0 Å². The molecule has 0 fully saturated rings. The molecule has 1 heterocycles. The number of fused-ring (bicyclic) bond motifs is 1. The fourth-order valence-electron chi connectivity index (χ4n) is 2.02. The van der Waals surface area contributed by atoms with Crippen molar-refractivity contribution in [2.45, 2.75) is 19.9 Å². The van der Waals surface area contributed by atoms with E-state index in [4.69, 9.17) is 19.9 Å². The molecule has 0 aliphatic carbocycles. The molecule has 1 aromatic rings. The van der Waals surface area contributed by atoms with Gasteiger partial charge in [-0.3, -0.25) is 0 Å². The Morgan fingerprint density at radius 2 is 1.90 bits per heavy atom. The lowest BCUT2D eigenvalue weighted by atomic mass is 10.0. The molecule has 1 aliphatic heterocycles. The van der Waals surface area contributed by atoms with Gasteiger partial charge in [0.25, 0.3) is 0 Å². The predicted molar refractivity (Wildman–Crippen MR) is 76.1 cm³/mol. The van der Waals surface area contributed by atoms with Gasteiger partial charge in [0, 0.05) is 12.1 Å². The van der Waals surface area contributed by atoms with Gasteiger partial charge in [0.15, 0.2) is 11.5 Å². The van der Waals surface area contributed by atoms with E-state index in [0.29, 0.717) is 36.1 Å². The summed E-state index contributed by atoms with van der Waals surface area (Å²) in [5.74, 6) is 0.989. The maximum atomic E-state index is 11.8. The van der Waals surface area contributed by atoms with Crippen molar-refractivity contribution in [3.8, 4) is 11.5 Å². The minimum Gasteiger partial charge on any atom is -0.486 e. The highest BCUT2D eigenvalue weighted by Gasteiger charge is 2.24. The summed E-state index contributed by atoms with van der Waals surface area (Å²) in [5.41, 5.74) is 7.13. The zero-order valence-corrected chi connectivity index (χ0v) is 11.9. The van der Waals surface area contributed by atoms with E-state index < -0.39 is 6.04 Å². The SMILES string of the molecule is COC(=O)C(Nc1cc2c(cc1N)OCCO2)C(C)C. The van der Waals surface area contributed by atoms with Crippen LogP contribution in [0.1, 0.15) is 13.8 Å². The van der Waals surface area contributed by atoms with Gasteiger partial charge in [-0.2, -0.15) is 0 Å². The molecule has 0 spiro atoms. The first-order chi connectivity index (χ1) is 9.52. The molecule has 110 valence electrons. The Morgan fingerprint density at radius 1 is 1.30 bits per heavy atom. The maximum absolute atomic E-state index is 11.8. The number of nitrogens with one attached hydrogen (secondary N) is 1. The Morgan fingerprint density at radius 3 is 2.45 bits per heavy atom. The van der Waals surface area contributed by atoms with Crippen molar-refractivity contribution in [1.29, 1.82) is 0 Å². The second-order valence-electron chi connectivity index (χ2n) is 4.97. The highest BCUT2D eigenvalue weighted by atomic mass is 16.6. The van der Waals surface area contributed by atoms with Crippen LogP contribution in [0.2, 0.25) is 0 Å². The van der Waals surface area contributed by atoms with Gasteiger partial charge < -0.3 is 25.3 Å². The Labute approximate surface area is 118 Å². The minimum atomic E-state index is -0.468. The van der Waals surface area contributed by atoms with Crippen LogP contribution in [-0.2, 0) is 9.53 Å². The van der Waals surface area contributed by atoms with Crippen molar-refractivity contribution in [2.75, 3.05) is 31.4 Å². The van der Waals surface area contributed by atoms with E-state index in [1.165, 1.54) is 7.11 Å². The molecule has 1 atom stereocenters. The Balaban J connectivity index is 2.25. The first-order valence-corrected chi connectivity index (χ1v) is 6.56. The summed E-state index contributed by atoms with van der Waals surface area (Å²) in [6.07, 6.45) is 0. The number of nitrogens with two attached hydrogens (primary N) is 1. The Hall–Kier alpha value is -2.11. The predicted octanol–water partition coefficient (Wildman–Crippen LogP) is 1.65. The molecule has 0 radical (unpaired) electrons. The van der Waals surface area contributed by atoms with Crippen LogP contribution in [0, 0.1) is 5.92 Å². The standard InChI is InChI=1S/C14H20N2O4/c1-8(2)13(14(17)18-3)16-10-7-12-11(6-9(10)15)19-4-5-20-12/h6-8,13,16H,4-5,15H2,1-3H3. The number of ether oxygens (including phenoxy) is 3. The number of hydrogen-bond donors (Lipinski definition) is 2. The van der Waals surface area contributed by atoms with Gasteiger partial charge >= 0.3 is 5.97 Å². The first-order valence-electron chi connectivity index (χ1n) is 6.56. The molecule has 1 unspecified atom stereocenters. The molecule has 6 nitrogen and oxygen atoms in total. The number of carbonyl (C=O) groups is 1. The summed E-state index contributed by atoms with van der Waals surface area (Å²) in [4.78, 5) is 11.8. The first kappa shape index (κ1) is 14.3. The number of hydrogen-bond acceptors (Lipinski definition) is 6. The number of esters is 1. The zero-order chi connectivity index (χ0) is 14.7. The highest BCUT2D eigenvalue weighted by Crippen LogP contribution is 2.37. The van der Waals surface area contributed by atoms with Crippen LogP contribution in [0.3, 0.4) is 0 Å². The number of nitrogen functional groups attached to an aromatic ring is 1. The minimum absolute atomic E-state index is 0.0649. The summed E-state index contributed by atoms with van der Waals surface area (Å²) in [6, 6.07) is 2.98. The van der Waals surface area contributed by atoms with Crippen molar-refractivity contribution in [1.82, 2.24) is 0 Å². The van der Waals surface area contributed by atoms with Crippen molar-refractivity contribution >= 4 is 17.3 Å². The number of methoxy groups -OCH3 is 1. The third-order valence-corrected chi connectivity index (χ3v) is 3.15. The second-order valence-corrected chi connectivity index (χ2v) is 4.97. The summed E-state index contributed by atoms with van der Waals surface area (Å²) in [5, 5.41) is 3.11. The third-order valence-electron chi connectivity index (χ3n) is 3.15. The monoisotopic (exact) mass is 280 g/mol. The van der Waals surface area contributed by atoms with Crippen LogP contribution in [0.4, 0.5) is 11.4 Å². The lowest BCUT2D eigenvalue weighted by molar-refractivity contribution is -0.142. The van der Waals surface area contributed by atoms with Gasteiger partial charge in [-0.15, -0.1) is 0 Å². The Kier molecular flexibility index (Phi) is 4.22. The molecule has 3 N–H and O–H groups in total. The van der Waals surface area contributed by atoms with Crippen LogP contribution in [0.15, 0.2) is 12.1 Å². The second kappa shape index (κ2) is 5.90. The largest absolute Gasteiger partial charge is 0.486 e. The molecule has 0 saturated heterocycles. The van der Waals surface area contributed by atoms with Crippen LogP contribution < -0.4 is 20.5 Å². The molecular weight excluding hydrogens is 260 g/mol. The lowest BCUT2D eigenvalue weighted by Crippen LogP contribution is -2.35.